The predicted molar refractivity (Wildman–Crippen MR) is 76.9 cm³/mol. The number of nitrogens with two attached hydrogens (primary N) is 1. The van der Waals surface area contributed by atoms with E-state index in [1.807, 2.05) is 4.72 Å². The number of amides is 2. The Kier molecular flexibility index (Phi) is 3.94. The van der Waals surface area contributed by atoms with Gasteiger partial charge in [-0.15, -0.1) is 0 Å². The first-order valence-electron chi connectivity index (χ1n) is 6.01. The molecule has 3 N–H and O–H groups in total. The van der Waals surface area contributed by atoms with Crippen molar-refractivity contribution in [2.24, 2.45) is 10.8 Å². The topological polar surface area (TPSA) is 122 Å². The second-order valence-electron chi connectivity index (χ2n) is 4.55. The van der Waals surface area contributed by atoms with Crippen LogP contribution in [0, 0.1) is 0 Å². The van der Waals surface area contributed by atoms with Crippen LogP contribution in [0.15, 0.2) is 35.4 Å². The highest BCUT2D eigenvalue weighted by Gasteiger charge is 2.35. The molecule has 2 rings (SSSR count). The number of benzene rings is 1. The second-order valence-corrected chi connectivity index (χ2v) is 6.30. The molecular weight excluding hydrogens is 296 g/mol. The van der Waals surface area contributed by atoms with Gasteiger partial charge in [-0.3, -0.25) is 14.6 Å². The van der Waals surface area contributed by atoms with Crippen LogP contribution < -0.4 is 15.5 Å². The van der Waals surface area contributed by atoms with Gasteiger partial charge in [-0.1, -0.05) is 18.2 Å². The summed E-state index contributed by atoms with van der Waals surface area (Å²) in [5, 5.41) is 5.34. The first kappa shape index (κ1) is 15.0. The van der Waals surface area contributed by atoms with Crippen LogP contribution in [0.4, 0.5) is 5.69 Å². The van der Waals surface area contributed by atoms with E-state index in [0.29, 0.717) is 5.69 Å². The zero-order valence-electron chi connectivity index (χ0n) is 11.2. The molecule has 8 nitrogen and oxygen atoms in total. The van der Waals surface area contributed by atoms with Gasteiger partial charge in [0.15, 0.2) is 0 Å². The number of para-hydroxylation sites is 1. The number of hydrogen-bond acceptors (Lipinski definition) is 6. The minimum absolute atomic E-state index is 0.0500. The summed E-state index contributed by atoms with van der Waals surface area (Å²) in [4.78, 5) is 23.3. The molecule has 2 amide bonds. The van der Waals surface area contributed by atoms with E-state index >= 15 is 0 Å². The Labute approximate surface area is 121 Å². The van der Waals surface area contributed by atoms with Crippen molar-refractivity contribution < 1.29 is 18.0 Å². The second kappa shape index (κ2) is 5.52. The smallest absolute Gasteiger partial charge is 0.281 e. The number of nitrogens with zero attached hydrogens (tertiary/aromatic N) is 2. The van der Waals surface area contributed by atoms with Gasteiger partial charge in [0.1, 0.15) is 11.8 Å². The van der Waals surface area contributed by atoms with Gasteiger partial charge in [-0.05, 0) is 12.1 Å². The van der Waals surface area contributed by atoms with Gasteiger partial charge in [0.2, 0.25) is 15.9 Å². The molecule has 0 saturated carbocycles. The minimum Gasteiger partial charge on any atom is -0.368 e. The van der Waals surface area contributed by atoms with Gasteiger partial charge >= 0.3 is 0 Å². The molecule has 21 heavy (non-hydrogen) atoms. The van der Waals surface area contributed by atoms with Crippen LogP contribution >= 0.6 is 0 Å². The maximum atomic E-state index is 11.8. The van der Waals surface area contributed by atoms with Crippen molar-refractivity contribution in [1.82, 2.24) is 4.72 Å². The fourth-order valence-corrected chi connectivity index (χ4v) is 2.37. The summed E-state index contributed by atoms with van der Waals surface area (Å²) in [6, 6.07) is 7.87. The lowest BCUT2D eigenvalue weighted by molar-refractivity contribution is -0.119. The van der Waals surface area contributed by atoms with Crippen molar-refractivity contribution in [3.05, 3.63) is 30.3 Å². The standard InChI is InChI=1S/C12H14N4O4S/c1-21(19,20)15-12(18)9-7-10(11(13)17)16(14-9)8-5-3-2-4-6-8/h2-6,10H,7H2,1H3,(H2,13,17)(H,15,18)/t10-/m1/s1. The van der Waals surface area contributed by atoms with Crippen molar-refractivity contribution >= 4 is 33.2 Å². The van der Waals surface area contributed by atoms with E-state index in [9.17, 15) is 18.0 Å². The average Bonchev–Trinajstić information content (AvgIpc) is 2.83. The van der Waals surface area contributed by atoms with E-state index in [1.54, 1.807) is 30.3 Å². The number of carbonyl (C=O) groups is 2. The quantitative estimate of drug-likeness (QED) is 0.752. The lowest BCUT2D eigenvalue weighted by atomic mass is 10.1. The van der Waals surface area contributed by atoms with E-state index in [-0.39, 0.29) is 12.1 Å². The van der Waals surface area contributed by atoms with Crippen LogP contribution in [0.2, 0.25) is 0 Å². The van der Waals surface area contributed by atoms with Crippen LogP contribution in [-0.2, 0) is 19.6 Å². The third-order valence-corrected chi connectivity index (χ3v) is 3.36. The van der Waals surface area contributed by atoms with Crippen LogP contribution in [0.5, 0.6) is 0 Å². The number of hydrazone groups is 1. The van der Waals surface area contributed by atoms with Crippen molar-refractivity contribution in [1.29, 1.82) is 0 Å². The van der Waals surface area contributed by atoms with Gasteiger partial charge in [0, 0.05) is 6.42 Å². The van der Waals surface area contributed by atoms with Gasteiger partial charge in [-0.2, -0.15) is 5.10 Å². The number of sulfonamides is 1. The molecule has 1 aromatic carbocycles. The molecule has 0 aliphatic carbocycles. The predicted octanol–water partition coefficient (Wildman–Crippen LogP) is -0.818. The van der Waals surface area contributed by atoms with Gasteiger partial charge in [-0.25, -0.2) is 13.1 Å². The SMILES string of the molecule is CS(=O)(=O)NC(=O)C1=NN(c2ccccc2)[C@@H](C(N)=O)C1. The number of hydrogen-bond donors (Lipinski definition) is 2. The Hall–Kier alpha value is -2.42. The molecule has 1 aliphatic rings. The molecule has 0 aromatic heterocycles. The molecule has 1 atom stereocenters. The molecule has 0 unspecified atom stereocenters. The van der Waals surface area contributed by atoms with E-state index < -0.39 is 27.9 Å². The van der Waals surface area contributed by atoms with Crippen LogP contribution in [-0.4, -0.2) is 38.2 Å². The summed E-state index contributed by atoms with van der Waals surface area (Å²) in [5.41, 5.74) is 5.84. The highest BCUT2D eigenvalue weighted by Crippen LogP contribution is 2.24. The van der Waals surface area contributed by atoms with E-state index in [4.69, 9.17) is 5.73 Å². The lowest BCUT2D eigenvalue weighted by Gasteiger charge is -2.20. The third kappa shape index (κ3) is 3.57. The zero-order chi connectivity index (χ0) is 15.6. The van der Waals surface area contributed by atoms with Crippen molar-refractivity contribution in [2.75, 3.05) is 11.3 Å². The normalized spacial score (nSPS) is 18.2. The summed E-state index contributed by atoms with van der Waals surface area (Å²) < 4.78 is 24.0. The van der Waals surface area contributed by atoms with Crippen molar-refractivity contribution in [3.63, 3.8) is 0 Å². The molecule has 0 bridgehead atoms. The van der Waals surface area contributed by atoms with Crippen LogP contribution in [0.25, 0.3) is 0 Å². The Balaban J connectivity index is 2.30. The number of rotatable bonds is 4. The minimum atomic E-state index is -3.70. The summed E-state index contributed by atoms with van der Waals surface area (Å²) in [6.45, 7) is 0. The average molecular weight is 310 g/mol. The van der Waals surface area contributed by atoms with Crippen molar-refractivity contribution in [2.45, 2.75) is 12.5 Å². The Morgan fingerprint density at radius 3 is 2.48 bits per heavy atom. The summed E-state index contributed by atoms with van der Waals surface area (Å²) >= 11 is 0. The number of primary amides is 1. The number of anilines is 1. The fraction of sp³-hybridized carbons (Fsp3) is 0.250. The van der Waals surface area contributed by atoms with E-state index in [0.717, 1.165) is 6.26 Å². The summed E-state index contributed by atoms with van der Waals surface area (Å²) in [6.07, 6.45) is 0.812. The first-order chi connectivity index (χ1) is 9.78. The molecule has 1 heterocycles. The molecule has 0 saturated heterocycles. The van der Waals surface area contributed by atoms with E-state index in [2.05, 4.69) is 5.10 Å². The monoisotopic (exact) mass is 310 g/mol. The molecule has 1 aliphatic heterocycles. The molecule has 1 aromatic rings. The molecular formula is C12H14N4O4S. The van der Waals surface area contributed by atoms with Gasteiger partial charge in [0.25, 0.3) is 5.91 Å². The van der Waals surface area contributed by atoms with Gasteiger partial charge < -0.3 is 5.73 Å². The summed E-state index contributed by atoms with van der Waals surface area (Å²) in [7, 11) is -3.70. The molecule has 112 valence electrons. The van der Waals surface area contributed by atoms with E-state index in [1.165, 1.54) is 5.01 Å². The maximum absolute atomic E-state index is 11.8. The van der Waals surface area contributed by atoms with Crippen LogP contribution in [0.3, 0.4) is 0 Å². The maximum Gasteiger partial charge on any atom is 0.281 e. The first-order valence-corrected chi connectivity index (χ1v) is 7.90. The molecule has 0 spiro atoms. The number of nitrogens with one attached hydrogen (secondary N) is 1. The van der Waals surface area contributed by atoms with Crippen LogP contribution in [0.1, 0.15) is 6.42 Å². The third-order valence-electron chi connectivity index (χ3n) is 2.80. The highest BCUT2D eigenvalue weighted by atomic mass is 32.2. The molecule has 9 heteroatoms. The molecule has 0 fully saturated rings. The Morgan fingerprint density at radius 1 is 1.33 bits per heavy atom. The Morgan fingerprint density at radius 2 is 1.95 bits per heavy atom. The van der Waals surface area contributed by atoms with Crippen molar-refractivity contribution in [3.8, 4) is 0 Å². The zero-order valence-corrected chi connectivity index (χ0v) is 12.0. The molecule has 0 radical (unpaired) electrons. The van der Waals surface area contributed by atoms with Gasteiger partial charge in [0.05, 0.1) is 11.9 Å². The highest BCUT2D eigenvalue weighted by molar-refractivity contribution is 7.89. The fourth-order valence-electron chi connectivity index (χ4n) is 1.92. The number of carbonyl (C=O) groups excluding carboxylic acids is 2. The lowest BCUT2D eigenvalue weighted by Crippen LogP contribution is -2.40. The summed E-state index contributed by atoms with van der Waals surface area (Å²) in [5.74, 6) is -1.51. The largest absolute Gasteiger partial charge is 0.368 e. The Bertz CT molecular complexity index is 699.